The van der Waals surface area contributed by atoms with Gasteiger partial charge in [-0.25, -0.2) is 0 Å². The number of benzene rings is 2. The number of hydrogen-bond acceptors (Lipinski definition) is 6. The number of ketones is 1. The minimum Gasteiger partial charge on any atom is -0.507 e. The first-order valence-corrected chi connectivity index (χ1v) is 11.1. The molecule has 3 aromatic rings. The highest BCUT2D eigenvalue weighted by molar-refractivity contribution is 9.10. The average Bonchev–Trinajstić information content (AvgIpc) is 3.09. The SMILES string of the molecule is O=C1C(=O)N(Cc2ccncc2)C(c2ccc(Br)cc2)/C1=C(\O)c1ccc2c(c1)OCCO2. The largest absolute Gasteiger partial charge is 0.507 e. The number of pyridine rings is 1. The van der Waals surface area contributed by atoms with Crippen molar-refractivity contribution in [3.63, 3.8) is 0 Å². The molecular formula is C25H19BrN2O5. The molecule has 7 nitrogen and oxygen atoms in total. The highest BCUT2D eigenvalue weighted by atomic mass is 79.9. The lowest BCUT2D eigenvalue weighted by atomic mass is 9.95. The summed E-state index contributed by atoms with van der Waals surface area (Å²) < 4.78 is 12.0. The van der Waals surface area contributed by atoms with Crippen LogP contribution in [0.15, 0.2) is 77.0 Å². The van der Waals surface area contributed by atoms with Crippen LogP contribution in [-0.4, -0.2) is 39.9 Å². The molecule has 1 atom stereocenters. The van der Waals surface area contributed by atoms with E-state index in [-0.39, 0.29) is 17.9 Å². The van der Waals surface area contributed by atoms with E-state index in [1.807, 2.05) is 24.3 Å². The number of Topliss-reactive ketones (excluding diaryl/α,β-unsaturated/α-hetero) is 1. The molecule has 0 spiro atoms. The molecular weight excluding hydrogens is 488 g/mol. The molecule has 0 bridgehead atoms. The van der Waals surface area contributed by atoms with E-state index in [1.54, 1.807) is 42.7 Å². The van der Waals surface area contributed by atoms with Gasteiger partial charge in [-0.15, -0.1) is 0 Å². The smallest absolute Gasteiger partial charge is 0.295 e. The van der Waals surface area contributed by atoms with Gasteiger partial charge >= 0.3 is 0 Å². The monoisotopic (exact) mass is 506 g/mol. The summed E-state index contributed by atoms with van der Waals surface area (Å²) in [5, 5.41) is 11.2. The van der Waals surface area contributed by atoms with Gasteiger partial charge in [-0.1, -0.05) is 28.1 Å². The van der Waals surface area contributed by atoms with Gasteiger partial charge < -0.3 is 19.5 Å². The van der Waals surface area contributed by atoms with Crippen molar-refractivity contribution >= 4 is 33.4 Å². The second-order valence-corrected chi connectivity index (χ2v) is 8.61. The molecule has 5 rings (SSSR count). The molecule has 1 saturated heterocycles. The van der Waals surface area contributed by atoms with Crippen molar-refractivity contribution in [1.29, 1.82) is 0 Å². The summed E-state index contributed by atoms with van der Waals surface area (Å²) in [7, 11) is 0. The predicted octanol–water partition coefficient (Wildman–Crippen LogP) is 4.24. The molecule has 2 aliphatic rings. The topological polar surface area (TPSA) is 89.0 Å². The summed E-state index contributed by atoms with van der Waals surface area (Å²) in [6, 6.07) is 15.1. The molecule has 0 saturated carbocycles. The summed E-state index contributed by atoms with van der Waals surface area (Å²) in [6.45, 7) is 1.04. The third kappa shape index (κ3) is 3.98. The Morgan fingerprint density at radius 1 is 1.00 bits per heavy atom. The van der Waals surface area contributed by atoms with Gasteiger partial charge in [0, 0.05) is 29.0 Å². The molecule has 2 aromatic carbocycles. The van der Waals surface area contributed by atoms with Crippen LogP contribution < -0.4 is 9.47 Å². The standard InChI is InChI=1S/C25H19BrN2O5/c26-18-4-1-16(2-5-18)22-21(23(29)17-3-6-19-20(13-17)33-12-11-32-19)24(30)25(31)28(22)14-15-7-9-27-10-8-15/h1-10,13,22,29H,11-12,14H2/b23-21+. The van der Waals surface area contributed by atoms with Gasteiger partial charge in [0.1, 0.15) is 19.0 Å². The summed E-state index contributed by atoms with van der Waals surface area (Å²) in [5.74, 6) is -0.601. The van der Waals surface area contributed by atoms with Crippen LogP contribution in [0.2, 0.25) is 0 Å². The number of hydrogen-bond donors (Lipinski definition) is 1. The Balaban J connectivity index is 1.63. The number of rotatable bonds is 4. The number of carbonyl (C=O) groups excluding carboxylic acids is 2. The van der Waals surface area contributed by atoms with E-state index in [2.05, 4.69) is 20.9 Å². The van der Waals surface area contributed by atoms with Crippen LogP contribution in [0.1, 0.15) is 22.7 Å². The van der Waals surface area contributed by atoms with Gasteiger partial charge in [-0.05, 0) is 53.6 Å². The second-order valence-electron chi connectivity index (χ2n) is 7.69. The maximum absolute atomic E-state index is 13.2. The van der Waals surface area contributed by atoms with Gasteiger partial charge in [0.2, 0.25) is 0 Å². The zero-order valence-corrected chi connectivity index (χ0v) is 19.0. The molecule has 33 heavy (non-hydrogen) atoms. The Kier molecular flexibility index (Phi) is 5.60. The number of ether oxygens (including phenoxy) is 2. The molecule has 8 heteroatoms. The number of fused-ring (bicyclic) bond motifs is 1. The Morgan fingerprint density at radius 3 is 2.42 bits per heavy atom. The van der Waals surface area contributed by atoms with Crippen molar-refractivity contribution in [2.45, 2.75) is 12.6 Å². The molecule has 3 heterocycles. The van der Waals surface area contributed by atoms with Crippen molar-refractivity contribution in [3.8, 4) is 11.5 Å². The number of carbonyl (C=O) groups is 2. The van der Waals surface area contributed by atoms with Crippen LogP contribution in [-0.2, 0) is 16.1 Å². The van der Waals surface area contributed by atoms with Crippen molar-refractivity contribution in [2.24, 2.45) is 0 Å². The average molecular weight is 507 g/mol. The number of likely N-dealkylation sites (tertiary alicyclic amines) is 1. The Bertz CT molecular complexity index is 1260. The highest BCUT2D eigenvalue weighted by Crippen LogP contribution is 2.42. The lowest BCUT2D eigenvalue weighted by Gasteiger charge is -2.25. The third-order valence-corrected chi connectivity index (χ3v) is 6.17. The number of aromatic nitrogens is 1. The van der Waals surface area contributed by atoms with Gasteiger partial charge in [0.05, 0.1) is 11.6 Å². The molecule has 0 radical (unpaired) electrons. The van der Waals surface area contributed by atoms with Crippen LogP contribution >= 0.6 is 15.9 Å². The minimum atomic E-state index is -0.750. The van der Waals surface area contributed by atoms with E-state index < -0.39 is 17.7 Å². The first-order valence-electron chi connectivity index (χ1n) is 10.4. The van der Waals surface area contributed by atoms with E-state index >= 15 is 0 Å². The third-order valence-electron chi connectivity index (χ3n) is 5.64. The van der Waals surface area contributed by atoms with Crippen LogP contribution in [0.4, 0.5) is 0 Å². The second kappa shape index (κ2) is 8.71. The van der Waals surface area contributed by atoms with Gasteiger partial charge in [-0.3, -0.25) is 14.6 Å². The first kappa shape index (κ1) is 21.2. The molecule has 1 fully saturated rings. The molecule has 1 amide bonds. The molecule has 1 aromatic heterocycles. The van der Waals surface area contributed by atoms with E-state index in [9.17, 15) is 14.7 Å². The van der Waals surface area contributed by atoms with Crippen molar-refractivity contribution in [1.82, 2.24) is 9.88 Å². The van der Waals surface area contributed by atoms with Crippen molar-refractivity contribution in [3.05, 3.63) is 93.7 Å². The maximum atomic E-state index is 13.2. The van der Waals surface area contributed by atoms with Crippen molar-refractivity contribution in [2.75, 3.05) is 13.2 Å². The fourth-order valence-corrected chi connectivity index (χ4v) is 4.33. The lowest BCUT2D eigenvalue weighted by molar-refractivity contribution is -0.140. The number of nitrogens with zero attached hydrogens (tertiary/aromatic N) is 2. The Labute approximate surface area is 198 Å². The van der Waals surface area contributed by atoms with E-state index in [1.165, 1.54) is 4.90 Å². The summed E-state index contributed by atoms with van der Waals surface area (Å²) >= 11 is 3.42. The van der Waals surface area contributed by atoms with E-state index in [4.69, 9.17) is 9.47 Å². The molecule has 1 N–H and O–H groups in total. The molecule has 0 aliphatic carbocycles. The summed E-state index contributed by atoms with van der Waals surface area (Å²) in [5.41, 5.74) is 1.95. The fraction of sp³-hybridized carbons (Fsp3) is 0.160. The Hall–Kier alpha value is -3.65. The number of aliphatic hydroxyl groups excluding tert-OH is 1. The van der Waals surface area contributed by atoms with Crippen LogP contribution in [0.5, 0.6) is 11.5 Å². The van der Waals surface area contributed by atoms with Crippen LogP contribution in [0.3, 0.4) is 0 Å². The van der Waals surface area contributed by atoms with Gasteiger partial charge in [0.15, 0.2) is 11.5 Å². The van der Waals surface area contributed by atoms with Crippen LogP contribution in [0, 0.1) is 0 Å². The lowest BCUT2D eigenvalue weighted by Crippen LogP contribution is -2.29. The molecule has 2 aliphatic heterocycles. The quantitative estimate of drug-likeness (QED) is 0.323. The zero-order valence-electron chi connectivity index (χ0n) is 17.4. The number of halogens is 1. The molecule has 1 unspecified atom stereocenters. The Morgan fingerprint density at radius 2 is 1.70 bits per heavy atom. The first-order chi connectivity index (χ1) is 16.0. The number of amides is 1. The van der Waals surface area contributed by atoms with Crippen LogP contribution in [0.25, 0.3) is 5.76 Å². The van der Waals surface area contributed by atoms with Gasteiger partial charge in [-0.2, -0.15) is 0 Å². The minimum absolute atomic E-state index is 0.0352. The predicted molar refractivity (Wildman–Crippen MR) is 124 cm³/mol. The fourth-order valence-electron chi connectivity index (χ4n) is 4.07. The van der Waals surface area contributed by atoms with E-state index in [0.29, 0.717) is 35.8 Å². The zero-order chi connectivity index (χ0) is 22.9. The molecule has 166 valence electrons. The normalized spacial score (nSPS) is 19.1. The highest BCUT2D eigenvalue weighted by Gasteiger charge is 2.46. The van der Waals surface area contributed by atoms with E-state index in [0.717, 1.165) is 10.0 Å². The van der Waals surface area contributed by atoms with Gasteiger partial charge in [0.25, 0.3) is 11.7 Å². The number of aliphatic hydroxyl groups is 1. The summed E-state index contributed by atoms with van der Waals surface area (Å²) in [6.07, 6.45) is 3.27. The van der Waals surface area contributed by atoms with Crippen molar-refractivity contribution < 1.29 is 24.2 Å². The summed E-state index contributed by atoms with van der Waals surface area (Å²) in [4.78, 5) is 31.8. The maximum Gasteiger partial charge on any atom is 0.295 e.